The lowest BCUT2D eigenvalue weighted by Crippen LogP contribution is -2.32. The molecule has 4 aromatic rings. The van der Waals surface area contributed by atoms with E-state index in [4.69, 9.17) is 4.42 Å². The Morgan fingerprint density at radius 1 is 1.19 bits per heavy atom. The average Bonchev–Trinajstić information content (AvgIpc) is 3.32. The molecule has 0 radical (unpaired) electrons. The Balaban J connectivity index is 1.53. The molecule has 132 valence electrons. The van der Waals surface area contributed by atoms with Crippen LogP contribution in [-0.4, -0.2) is 22.5 Å². The largest absolute Gasteiger partial charge is 0.441 e. The molecule has 5 rings (SSSR count). The number of aromatic nitrogens is 2. The molecule has 1 aliphatic rings. The predicted octanol–water partition coefficient (Wildman–Crippen LogP) is 3.29. The lowest BCUT2D eigenvalue weighted by atomic mass is 9.99. The van der Waals surface area contributed by atoms with Gasteiger partial charge >= 0.3 is 0 Å². The molecule has 0 aliphatic carbocycles. The van der Waals surface area contributed by atoms with Crippen molar-refractivity contribution in [1.82, 2.24) is 9.38 Å². The summed E-state index contributed by atoms with van der Waals surface area (Å²) in [6.45, 7) is 4.35. The number of imidazole rings is 1. The topological polar surface area (TPSA) is 50.8 Å². The van der Waals surface area contributed by atoms with Crippen LogP contribution in [0.1, 0.15) is 25.5 Å². The van der Waals surface area contributed by atoms with Gasteiger partial charge in [-0.2, -0.15) is 0 Å². The van der Waals surface area contributed by atoms with E-state index < -0.39 is 0 Å². The Labute approximate surface area is 154 Å². The van der Waals surface area contributed by atoms with Crippen LogP contribution in [0.15, 0.2) is 45.6 Å². The van der Waals surface area contributed by atoms with Gasteiger partial charge in [0.15, 0.2) is 10.8 Å². The van der Waals surface area contributed by atoms with Gasteiger partial charge in [-0.25, -0.2) is 9.38 Å². The summed E-state index contributed by atoms with van der Waals surface area (Å²) in [4.78, 5) is 20.4. The molecular formula is C20H19N3O2S. The lowest BCUT2D eigenvalue weighted by molar-refractivity contribution is 0.416. The summed E-state index contributed by atoms with van der Waals surface area (Å²) < 4.78 is 8.31. The minimum absolute atomic E-state index is 0.0385. The second-order valence-corrected chi connectivity index (χ2v) is 7.99. The van der Waals surface area contributed by atoms with Crippen molar-refractivity contribution in [3.8, 4) is 0 Å². The Kier molecular flexibility index (Phi) is 3.60. The van der Waals surface area contributed by atoms with E-state index in [1.807, 2.05) is 42.5 Å². The molecule has 1 aliphatic heterocycles. The van der Waals surface area contributed by atoms with Crippen molar-refractivity contribution in [3.63, 3.8) is 0 Å². The summed E-state index contributed by atoms with van der Waals surface area (Å²) in [5, 5.41) is 0. The molecule has 26 heavy (non-hydrogen) atoms. The number of nitrogens with zero attached hydrogens (tertiary/aromatic N) is 3. The van der Waals surface area contributed by atoms with E-state index in [1.54, 1.807) is 4.40 Å². The number of piperidine rings is 1. The van der Waals surface area contributed by atoms with Crippen LogP contribution in [0.5, 0.6) is 0 Å². The van der Waals surface area contributed by atoms with Crippen molar-refractivity contribution < 1.29 is 4.42 Å². The summed E-state index contributed by atoms with van der Waals surface area (Å²) in [7, 11) is 0. The number of hydrogen-bond acceptors (Lipinski definition) is 5. The number of fused-ring (bicyclic) bond motifs is 3. The van der Waals surface area contributed by atoms with Gasteiger partial charge in [0, 0.05) is 25.2 Å². The summed E-state index contributed by atoms with van der Waals surface area (Å²) in [5.74, 6) is 2.39. The van der Waals surface area contributed by atoms with Crippen molar-refractivity contribution in [2.75, 3.05) is 18.0 Å². The minimum atomic E-state index is -0.0385. The Morgan fingerprint density at radius 3 is 2.85 bits per heavy atom. The van der Waals surface area contributed by atoms with E-state index in [0.29, 0.717) is 10.3 Å². The first-order valence-corrected chi connectivity index (χ1v) is 9.77. The van der Waals surface area contributed by atoms with Crippen molar-refractivity contribution in [1.29, 1.82) is 0 Å². The van der Waals surface area contributed by atoms with Crippen molar-refractivity contribution >= 4 is 39.3 Å². The number of furan rings is 1. The highest BCUT2D eigenvalue weighted by Crippen LogP contribution is 2.25. The standard InChI is InChI=1S/C20H19N3O2S/c1-13-8-10-22(11-9-13)18-7-6-14(25-18)12-17-19(24)23-16-5-3-2-4-15(16)21-20(23)26-17/h2-7,12-13H,8-11H2,1H3/b17-12+. The number of para-hydroxylation sites is 2. The highest BCUT2D eigenvalue weighted by atomic mass is 32.1. The number of benzene rings is 1. The van der Waals surface area contributed by atoms with E-state index in [-0.39, 0.29) is 5.56 Å². The second-order valence-electron chi connectivity index (χ2n) is 6.98. The summed E-state index contributed by atoms with van der Waals surface area (Å²) in [5.41, 5.74) is 1.66. The highest BCUT2D eigenvalue weighted by Gasteiger charge is 2.18. The molecular weight excluding hydrogens is 346 g/mol. The Bertz CT molecular complexity index is 1200. The summed E-state index contributed by atoms with van der Waals surface area (Å²) in [6, 6.07) is 11.7. The van der Waals surface area contributed by atoms with E-state index in [9.17, 15) is 4.79 Å². The number of hydrogen-bond donors (Lipinski definition) is 0. The molecule has 0 atom stereocenters. The van der Waals surface area contributed by atoms with Crippen LogP contribution in [0.25, 0.3) is 22.1 Å². The van der Waals surface area contributed by atoms with Crippen molar-refractivity contribution in [2.45, 2.75) is 19.8 Å². The molecule has 4 heterocycles. The summed E-state index contributed by atoms with van der Waals surface area (Å²) in [6.07, 6.45) is 4.21. The van der Waals surface area contributed by atoms with Crippen molar-refractivity contribution in [2.24, 2.45) is 5.92 Å². The third-order valence-corrected chi connectivity index (χ3v) is 6.10. The van der Waals surface area contributed by atoms with Gasteiger partial charge < -0.3 is 9.32 Å². The third-order valence-electron chi connectivity index (χ3n) is 5.13. The van der Waals surface area contributed by atoms with Gasteiger partial charge in [0.2, 0.25) is 0 Å². The van der Waals surface area contributed by atoms with Crippen LogP contribution in [0.2, 0.25) is 0 Å². The lowest BCUT2D eigenvalue weighted by Gasteiger charge is -2.29. The smallest absolute Gasteiger partial charge is 0.275 e. The number of anilines is 1. The maximum absolute atomic E-state index is 12.8. The van der Waals surface area contributed by atoms with Crippen LogP contribution in [0.4, 0.5) is 5.88 Å². The maximum Gasteiger partial charge on any atom is 0.275 e. The fraction of sp³-hybridized carbons (Fsp3) is 0.300. The fourth-order valence-electron chi connectivity index (χ4n) is 3.56. The Hall–Kier alpha value is -2.60. The SMILES string of the molecule is CC1CCN(c2ccc(/C=c3/sc4nc5ccccc5n4c3=O)o2)CC1. The van der Waals surface area contributed by atoms with Gasteiger partial charge in [-0.1, -0.05) is 30.4 Å². The molecule has 6 heteroatoms. The molecule has 0 spiro atoms. The maximum atomic E-state index is 12.8. The van der Waals surface area contributed by atoms with Crippen LogP contribution in [-0.2, 0) is 0 Å². The molecule has 3 aromatic heterocycles. The normalized spacial score (nSPS) is 17.0. The van der Waals surface area contributed by atoms with E-state index in [0.717, 1.165) is 40.9 Å². The van der Waals surface area contributed by atoms with Gasteiger partial charge in [-0.3, -0.25) is 4.79 Å². The molecule has 0 amide bonds. The van der Waals surface area contributed by atoms with E-state index in [1.165, 1.54) is 24.2 Å². The van der Waals surface area contributed by atoms with E-state index in [2.05, 4.69) is 16.8 Å². The first-order valence-electron chi connectivity index (χ1n) is 8.95. The molecule has 0 bridgehead atoms. The predicted molar refractivity (Wildman–Crippen MR) is 105 cm³/mol. The van der Waals surface area contributed by atoms with Gasteiger partial charge in [0.25, 0.3) is 5.56 Å². The number of rotatable bonds is 2. The van der Waals surface area contributed by atoms with Gasteiger partial charge in [-0.15, -0.1) is 0 Å². The monoisotopic (exact) mass is 365 g/mol. The zero-order valence-corrected chi connectivity index (χ0v) is 15.3. The minimum Gasteiger partial charge on any atom is -0.441 e. The number of thiazole rings is 1. The first kappa shape index (κ1) is 15.6. The zero-order valence-electron chi connectivity index (χ0n) is 14.5. The fourth-order valence-corrected chi connectivity index (χ4v) is 4.53. The van der Waals surface area contributed by atoms with Crippen LogP contribution in [0.3, 0.4) is 0 Å². The van der Waals surface area contributed by atoms with Gasteiger partial charge in [0.05, 0.1) is 11.0 Å². The quantitative estimate of drug-likeness (QED) is 0.547. The summed E-state index contributed by atoms with van der Waals surface area (Å²) >= 11 is 1.40. The zero-order chi connectivity index (χ0) is 17.7. The molecule has 0 N–H and O–H groups in total. The average molecular weight is 365 g/mol. The molecule has 0 saturated carbocycles. The first-order chi connectivity index (χ1) is 12.7. The molecule has 1 fully saturated rings. The van der Waals surface area contributed by atoms with E-state index >= 15 is 0 Å². The Morgan fingerprint density at radius 2 is 2.00 bits per heavy atom. The van der Waals surface area contributed by atoms with Crippen LogP contribution in [0, 0.1) is 5.92 Å². The highest BCUT2D eigenvalue weighted by molar-refractivity contribution is 7.15. The van der Waals surface area contributed by atoms with Crippen molar-refractivity contribution in [3.05, 3.63) is 57.0 Å². The second kappa shape index (κ2) is 5.99. The molecule has 1 saturated heterocycles. The molecule has 1 aromatic carbocycles. The van der Waals surface area contributed by atoms with Gasteiger partial charge in [0.1, 0.15) is 10.3 Å². The molecule has 0 unspecified atom stereocenters. The van der Waals surface area contributed by atoms with Crippen LogP contribution >= 0.6 is 11.3 Å². The third kappa shape index (κ3) is 2.52. The van der Waals surface area contributed by atoms with Gasteiger partial charge in [-0.05, 0) is 37.0 Å². The molecule has 5 nitrogen and oxygen atoms in total. The van der Waals surface area contributed by atoms with Crippen LogP contribution < -0.4 is 15.0 Å².